The summed E-state index contributed by atoms with van der Waals surface area (Å²) in [6.07, 6.45) is 3.41. The lowest BCUT2D eigenvalue weighted by Gasteiger charge is -2.08. The molecule has 3 aromatic carbocycles. The summed E-state index contributed by atoms with van der Waals surface area (Å²) in [6.45, 7) is 0. The molecular formula is C21H18O3. The van der Waals surface area contributed by atoms with Crippen LogP contribution in [0.5, 0.6) is 11.5 Å². The van der Waals surface area contributed by atoms with Crippen LogP contribution in [0, 0.1) is 0 Å². The average molecular weight is 318 g/mol. The van der Waals surface area contributed by atoms with Crippen LogP contribution in [0.4, 0.5) is 0 Å². The Bertz CT molecular complexity index is 905. The second-order valence-corrected chi connectivity index (χ2v) is 5.33. The molecule has 0 aliphatic carbocycles. The number of ether oxygens (including phenoxy) is 2. The first-order valence-corrected chi connectivity index (χ1v) is 7.65. The van der Waals surface area contributed by atoms with Crippen LogP contribution in [0.15, 0.2) is 66.7 Å². The maximum atomic E-state index is 12.6. The molecule has 0 bridgehead atoms. The van der Waals surface area contributed by atoms with Crippen LogP contribution in [-0.4, -0.2) is 20.0 Å². The van der Waals surface area contributed by atoms with Crippen LogP contribution >= 0.6 is 0 Å². The Hall–Kier alpha value is -3.07. The Labute approximate surface area is 141 Å². The van der Waals surface area contributed by atoms with E-state index in [-0.39, 0.29) is 5.78 Å². The lowest BCUT2D eigenvalue weighted by Crippen LogP contribution is -1.99. The minimum Gasteiger partial charge on any atom is -0.497 e. The van der Waals surface area contributed by atoms with Gasteiger partial charge in [-0.1, -0.05) is 48.5 Å². The van der Waals surface area contributed by atoms with Crippen molar-refractivity contribution in [2.45, 2.75) is 0 Å². The molecule has 3 rings (SSSR count). The zero-order chi connectivity index (χ0) is 16.9. The molecule has 120 valence electrons. The average Bonchev–Trinajstić information content (AvgIpc) is 2.65. The number of benzene rings is 3. The molecule has 0 saturated carbocycles. The number of carbonyl (C=O) groups excluding carboxylic acids is 1. The highest BCUT2D eigenvalue weighted by molar-refractivity contribution is 6.09. The first kappa shape index (κ1) is 15.8. The zero-order valence-corrected chi connectivity index (χ0v) is 13.7. The third-order valence-electron chi connectivity index (χ3n) is 3.91. The molecule has 0 atom stereocenters. The minimum atomic E-state index is -0.126. The van der Waals surface area contributed by atoms with Gasteiger partial charge >= 0.3 is 0 Å². The Morgan fingerprint density at radius 3 is 2.50 bits per heavy atom. The van der Waals surface area contributed by atoms with E-state index < -0.39 is 0 Å². The zero-order valence-electron chi connectivity index (χ0n) is 13.7. The number of fused-ring (bicyclic) bond motifs is 1. The summed E-state index contributed by atoms with van der Waals surface area (Å²) in [6, 6.07) is 19.3. The summed E-state index contributed by atoms with van der Waals surface area (Å²) >= 11 is 0. The molecule has 0 aliphatic heterocycles. The standard InChI is InChI=1S/C21H18O3/c1-23-17-11-13-21(24-2)19(14-17)20(22)12-10-16-8-5-7-15-6-3-4-9-18(15)16/h3-14H,1-2H3. The van der Waals surface area contributed by atoms with Gasteiger partial charge in [-0.2, -0.15) is 0 Å². The Morgan fingerprint density at radius 2 is 1.71 bits per heavy atom. The van der Waals surface area contributed by atoms with Crippen molar-refractivity contribution in [3.8, 4) is 11.5 Å². The van der Waals surface area contributed by atoms with E-state index in [1.807, 2.05) is 36.4 Å². The molecule has 3 aromatic rings. The van der Waals surface area contributed by atoms with Gasteiger partial charge in [0.15, 0.2) is 5.78 Å². The topological polar surface area (TPSA) is 35.5 Å². The van der Waals surface area contributed by atoms with Gasteiger partial charge in [-0.15, -0.1) is 0 Å². The van der Waals surface area contributed by atoms with E-state index in [0.29, 0.717) is 17.1 Å². The second-order valence-electron chi connectivity index (χ2n) is 5.33. The van der Waals surface area contributed by atoms with Gasteiger partial charge in [-0.3, -0.25) is 4.79 Å². The van der Waals surface area contributed by atoms with Crippen LogP contribution in [0.2, 0.25) is 0 Å². The van der Waals surface area contributed by atoms with E-state index in [1.165, 1.54) is 0 Å². The predicted molar refractivity (Wildman–Crippen MR) is 96.9 cm³/mol. The fourth-order valence-corrected chi connectivity index (χ4v) is 2.66. The van der Waals surface area contributed by atoms with Crippen molar-refractivity contribution in [1.82, 2.24) is 0 Å². The van der Waals surface area contributed by atoms with E-state index in [4.69, 9.17) is 9.47 Å². The van der Waals surface area contributed by atoms with E-state index in [9.17, 15) is 4.79 Å². The van der Waals surface area contributed by atoms with Crippen molar-refractivity contribution in [3.63, 3.8) is 0 Å². The van der Waals surface area contributed by atoms with E-state index in [1.54, 1.807) is 38.5 Å². The number of methoxy groups -OCH3 is 2. The van der Waals surface area contributed by atoms with Crippen molar-refractivity contribution in [3.05, 3.63) is 77.9 Å². The molecule has 24 heavy (non-hydrogen) atoms. The molecule has 0 amide bonds. The monoisotopic (exact) mass is 318 g/mol. The molecule has 0 radical (unpaired) electrons. The summed E-state index contributed by atoms with van der Waals surface area (Å²) in [5.74, 6) is 1.03. The highest BCUT2D eigenvalue weighted by atomic mass is 16.5. The highest BCUT2D eigenvalue weighted by Crippen LogP contribution is 2.25. The van der Waals surface area contributed by atoms with Gasteiger partial charge in [-0.25, -0.2) is 0 Å². The minimum absolute atomic E-state index is 0.126. The summed E-state index contributed by atoms with van der Waals surface area (Å²) in [4.78, 5) is 12.6. The van der Waals surface area contributed by atoms with Crippen LogP contribution in [0.1, 0.15) is 15.9 Å². The fraction of sp³-hybridized carbons (Fsp3) is 0.0952. The van der Waals surface area contributed by atoms with Crippen LogP contribution in [-0.2, 0) is 0 Å². The van der Waals surface area contributed by atoms with Crippen LogP contribution in [0.3, 0.4) is 0 Å². The normalized spacial score (nSPS) is 10.9. The molecule has 0 N–H and O–H groups in total. The molecule has 0 saturated heterocycles. The highest BCUT2D eigenvalue weighted by Gasteiger charge is 2.11. The Balaban J connectivity index is 1.95. The van der Waals surface area contributed by atoms with Gasteiger partial charge in [0.05, 0.1) is 19.8 Å². The summed E-state index contributed by atoms with van der Waals surface area (Å²) in [7, 11) is 3.12. The fourth-order valence-electron chi connectivity index (χ4n) is 2.66. The lowest BCUT2D eigenvalue weighted by molar-refractivity contribution is 0.104. The largest absolute Gasteiger partial charge is 0.497 e. The van der Waals surface area contributed by atoms with Gasteiger partial charge < -0.3 is 9.47 Å². The SMILES string of the molecule is COc1ccc(OC)c(C(=O)C=Cc2cccc3ccccc23)c1. The van der Waals surface area contributed by atoms with Crippen molar-refractivity contribution >= 4 is 22.6 Å². The van der Waals surface area contributed by atoms with E-state index in [2.05, 4.69) is 12.1 Å². The smallest absolute Gasteiger partial charge is 0.189 e. The van der Waals surface area contributed by atoms with Crippen LogP contribution < -0.4 is 9.47 Å². The van der Waals surface area contributed by atoms with Gasteiger partial charge in [0, 0.05) is 0 Å². The molecule has 0 aromatic heterocycles. The summed E-state index contributed by atoms with van der Waals surface area (Å²) in [5.41, 5.74) is 1.48. The second kappa shape index (κ2) is 7.01. The molecular weight excluding hydrogens is 300 g/mol. The molecule has 0 spiro atoms. The first-order chi connectivity index (χ1) is 11.7. The number of allylic oxidation sites excluding steroid dienone is 1. The number of rotatable bonds is 5. The van der Waals surface area contributed by atoms with Crippen molar-refractivity contribution in [2.75, 3.05) is 14.2 Å². The lowest BCUT2D eigenvalue weighted by atomic mass is 10.0. The maximum absolute atomic E-state index is 12.6. The molecule has 0 fully saturated rings. The molecule has 3 nitrogen and oxygen atoms in total. The molecule has 3 heteroatoms. The first-order valence-electron chi connectivity index (χ1n) is 7.65. The molecule has 0 heterocycles. The molecule has 0 unspecified atom stereocenters. The number of ketones is 1. The van der Waals surface area contributed by atoms with Gasteiger partial charge in [0.25, 0.3) is 0 Å². The van der Waals surface area contributed by atoms with Gasteiger partial charge in [-0.05, 0) is 40.6 Å². The Kier molecular flexibility index (Phi) is 4.62. The third kappa shape index (κ3) is 3.15. The number of hydrogen-bond acceptors (Lipinski definition) is 3. The third-order valence-corrected chi connectivity index (χ3v) is 3.91. The maximum Gasteiger partial charge on any atom is 0.189 e. The van der Waals surface area contributed by atoms with Crippen molar-refractivity contribution in [1.29, 1.82) is 0 Å². The summed E-state index contributed by atoms with van der Waals surface area (Å²) in [5, 5.41) is 2.26. The van der Waals surface area contributed by atoms with Crippen molar-refractivity contribution in [2.24, 2.45) is 0 Å². The number of carbonyl (C=O) groups is 1. The molecule has 0 aliphatic rings. The van der Waals surface area contributed by atoms with E-state index in [0.717, 1.165) is 16.3 Å². The Morgan fingerprint density at radius 1 is 0.917 bits per heavy atom. The number of hydrogen-bond donors (Lipinski definition) is 0. The van der Waals surface area contributed by atoms with Crippen LogP contribution in [0.25, 0.3) is 16.8 Å². The van der Waals surface area contributed by atoms with Gasteiger partial charge in [0.1, 0.15) is 11.5 Å². The summed E-state index contributed by atoms with van der Waals surface area (Å²) < 4.78 is 10.5. The van der Waals surface area contributed by atoms with Gasteiger partial charge in [0.2, 0.25) is 0 Å². The predicted octanol–water partition coefficient (Wildman–Crippen LogP) is 4.75. The quantitative estimate of drug-likeness (QED) is 0.503. The van der Waals surface area contributed by atoms with Crippen molar-refractivity contribution < 1.29 is 14.3 Å². The van der Waals surface area contributed by atoms with E-state index >= 15 is 0 Å².